The van der Waals surface area contributed by atoms with Crippen LogP contribution in [0.2, 0.25) is 0 Å². The second kappa shape index (κ2) is 14.3. The number of ketones is 1. The second-order valence-corrected chi connectivity index (χ2v) is 11.1. The molecule has 1 aliphatic carbocycles. The number of halogens is 1. The molecule has 0 heterocycles. The van der Waals surface area contributed by atoms with Crippen molar-refractivity contribution < 1.29 is 19.1 Å². The minimum atomic E-state index is -0.783. The fourth-order valence-electron chi connectivity index (χ4n) is 5.04. The molecule has 3 rings (SSSR count). The molecule has 0 spiro atoms. The molecule has 0 unspecified atom stereocenters. The first-order valence-electron chi connectivity index (χ1n) is 13.6. The van der Waals surface area contributed by atoms with Crippen LogP contribution in [0.5, 0.6) is 0 Å². The maximum Gasteiger partial charge on any atom is 0.407 e. The quantitative estimate of drug-likeness (QED) is 0.320. The number of carbonyl (C=O) groups excluding carboxylic acids is 3. The summed E-state index contributed by atoms with van der Waals surface area (Å²) in [5.74, 6) is 0.00879. The number of ether oxygens (including phenoxy) is 1. The molecule has 0 saturated heterocycles. The van der Waals surface area contributed by atoms with Gasteiger partial charge in [-0.1, -0.05) is 96.5 Å². The van der Waals surface area contributed by atoms with Gasteiger partial charge in [-0.3, -0.25) is 9.59 Å². The van der Waals surface area contributed by atoms with Gasteiger partial charge in [0.2, 0.25) is 5.91 Å². The average molecular weight is 543 g/mol. The number of Topliss-reactive ketones (excluding diaryl/α,β-unsaturated/α-hetero) is 1. The predicted molar refractivity (Wildman–Crippen MR) is 155 cm³/mol. The molecule has 0 aliphatic heterocycles. The van der Waals surface area contributed by atoms with Crippen molar-refractivity contribution in [2.45, 2.75) is 78.8 Å². The molecule has 7 heteroatoms. The Morgan fingerprint density at radius 1 is 0.842 bits per heavy atom. The molecular weight excluding hydrogens is 500 g/mol. The minimum Gasteiger partial charge on any atom is -0.449 e. The van der Waals surface area contributed by atoms with Gasteiger partial charge in [-0.25, -0.2) is 4.79 Å². The number of fused-ring (bicyclic) bond motifs is 3. The summed E-state index contributed by atoms with van der Waals surface area (Å²) in [6.07, 6.45) is 0.992. The van der Waals surface area contributed by atoms with Crippen molar-refractivity contribution in [3.63, 3.8) is 0 Å². The SMILES string of the molecule is CC[C@H](C)[C@H](NC(=O)[C@H](CC(C)C)NC(=O)OCC1c2ccccc2-c2ccccc21)C(=O)CC(C)C.Cl. The molecule has 3 atom stereocenters. The Hall–Kier alpha value is -2.86. The highest BCUT2D eigenvalue weighted by Gasteiger charge is 2.32. The molecule has 1 aliphatic rings. The molecule has 2 aromatic rings. The highest BCUT2D eigenvalue weighted by molar-refractivity contribution is 5.92. The molecule has 0 saturated carbocycles. The number of nitrogens with one attached hydrogen (secondary N) is 2. The van der Waals surface area contributed by atoms with Crippen molar-refractivity contribution in [1.82, 2.24) is 10.6 Å². The number of hydrogen-bond acceptors (Lipinski definition) is 4. The van der Waals surface area contributed by atoms with Crippen molar-refractivity contribution >= 4 is 30.2 Å². The van der Waals surface area contributed by atoms with E-state index in [0.717, 1.165) is 28.7 Å². The van der Waals surface area contributed by atoms with Crippen molar-refractivity contribution in [3.05, 3.63) is 59.7 Å². The highest BCUT2D eigenvalue weighted by atomic mass is 35.5. The van der Waals surface area contributed by atoms with Gasteiger partial charge in [-0.2, -0.15) is 0 Å². The lowest BCUT2D eigenvalue weighted by molar-refractivity contribution is -0.130. The number of rotatable bonds is 12. The van der Waals surface area contributed by atoms with Crippen LogP contribution in [0.1, 0.15) is 77.8 Å². The van der Waals surface area contributed by atoms with Crippen LogP contribution in [0.15, 0.2) is 48.5 Å². The van der Waals surface area contributed by atoms with Gasteiger partial charge in [0.1, 0.15) is 12.6 Å². The first-order chi connectivity index (χ1) is 17.6. The summed E-state index contributed by atoms with van der Waals surface area (Å²) in [6, 6.07) is 15.0. The van der Waals surface area contributed by atoms with Gasteiger partial charge >= 0.3 is 6.09 Å². The first-order valence-corrected chi connectivity index (χ1v) is 13.6. The topological polar surface area (TPSA) is 84.5 Å². The van der Waals surface area contributed by atoms with Crippen LogP contribution >= 0.6 is 12.4 Å². The van der Waals surface area contributed by atoms with E-state index in [0.29, 0.717) is 12.8 Å². The third-order valence-corrected chi connectivity index (χ3v) is 7.13. The third kappa shape index (κ3) is 7.83. The predicted octanol–water partition coefficient (Wildman–Crippen LogP) is 6.51. The lowest BCUT2D eigenvalue weighted by atomic mass is 9.90. The molecule has 38 heavy (non-hydrogen) atoms. The Bertz CT molecular complexity index is 1060. The van der Waals surface area contributed by atoms with Gasteiger partial charge in [0.05, 0.1) is 6.04 Å². The molecule has 2 aromatic carbocycles. The Balaban J connectivity index is 0.00000507. The number of benzene rings is 2. The molecule has 0 radical (unpaired) electrons. The van der Waals surface area contributed by atoms with E-state index in [9.17, 15) is 14.4 Å². The van der Waals surface area contributed by atoms with Crippen LogP contribution in [0.25, 0.3) is 11.1 Å². The second-order valence-electron chi connectivity index (χ2n) is 11.1. The molecule has 0 aromatic heterocycles. The first kappa shape index (κ1) is 31.4. The van der Waals surface area contributed by atoms with E-state index < -0.39 is 18.2 Å². The summed E-state index contributed by atoms with van der Waals surface area (Å²) in [4.78, 5) is 39.1. The van der Waals surface area contributed by atoms with E-state index >= 15 is 0 Å². The van der Waals surface area contributed by atoms with Crippen LogP contribution in [0.3, 0.4) is 0 Å². The average Bonchev–Trinajstić information content (AvgIpc) is 3.18. The van der Waals surface area contributed by atoms with Crippen molar-refractivity contribution in [2.75, 3.05) is 6.61 Å². The molecule has 2 N–H and O–H groups in total. The van der Waals surface area contributed by atoms with Crippen LogP contribution in [0.4, 0.5) is 4.79 Å². The minimum absolute atomic E-state index is 0. The van der Waals surface area contributed by atoms with E-state index in [-0.39, 0.29) is 54.4 Å². The van der Waals surface area contributed by atoms with Gasteiger partial charge in [0.25, 0.3) is 0 Å². The monoisotopic (exact) mass is 542 g/mol. The van der Waals surface area contributed by atoms with Gasteiger partial charge in [-0.15, -0.1) is 12.4 Å². The smallest absolute Gasteiger partial charge is 0.407 e. The number of carbonyl (C=O) groups is 3. The van der Waals surface area contributed by atoms with Crippen molar-refractivity contribution in [1.29, 1.82) is 0 Å². The number of amides is 2. The number of hydrogen-bond donors (Lipinski definition) is 2. The van der Waals surface area contributed by atoms with E-state index in [4.69, 9.17) is 4.74 Å². The molecule has 2 amide bonds. The zero-order valence-corrected chi connectivity index (χ0v) is 24.3. The summed E-state index contributed by atoms with van der Waals surface area (Å²) in [6.45, 7) is 12.1. The van der Waals surface area contributed by atoms with Crippen molar-refractivity contribution in [3.8, 4) is 11.1 Å². The van der Waals surface area contributed by atoms with E-state index in [1.165, 1.54) is 0 Å². The summed E-state index contributed by atoms with van der Waals surface area (Å²) in [7, 11) is 0. The summed E-state index contributed by atoms with van der Waals surface area (Å²) in [5.41, 5.74) is 4.58. The maximum atomic E-state index is 13.3. The zero-order valence-electron chi connectivity index (χ0n) is 23.5. The largest absolute Gasteiger partial charge is 0.449 e. The molecule has 0 fully saturated rings. The third-order valence-electron chi connectivity index (χ3n) is 7.13. The molecule has 208 valence electrons. The van der Waals surface area contributed by atoms with Gasteiger partial charge in [0.15, 0.2) is 5.78 Å². The van der Waals surface area contributed by atoms with Crippen LogP contribution in [-0.2, 0) is 14.3 Å². The number of alkyl carbamates (subject to hydrolysis) is 1. The van der Waals surface area contributed by atoms with Crippen molar-refractivity contribution in [2.24, 2.45) is 17.8 Å². The van der Waals surface area contributed by atoms with Gasteiger partial charge in [0, 0.05) is 12.3 Å². The Morgan fingerprint density at radius 2 is 1.39 bits per heavy atom. The highest BCUT2D eigenvalue weighted by Crippen LogP contribution is 2.44. The fraction of sp³-hybridized carbons (Fsp3) is 0.516. The van der Waals surface area contributed by atoms with Gasteiger partial charge in [-0.05, 0) is 46.4 Å². The Morgan fingerprint density at radius 3 is 1.89 bits per heavy atom. The van der Waals surface area contributed by atoms with E-state index in [1.807, 2.05) is 65.8 Å². The maximum absolute atomic E-state index is 13.3. The van der Waals surface area contributed by atoms with Crippen LogP contribution in [0, 0.1) is 17.8 Å². The summed E-state index contributed by atoms with van der Waals surface area (Å²) in [5, 5.41) is 5.73. The molecule has 0 bridgehead atoms. The van der Waals surface area contributed by atoms with Crippen LogP contribution in [-0.4, -0.2) is 36.5 Å². The van der Waals surface area contributed by atoms with Crippen LogP contribution < -0.4 is 10.6 Å². The summed E-state index contributed by atoms with van der Waals surface area (Å²) < 4.78 is 5.68. The molecular formula is C31H43ClN2O4. The lowest BCUT2D eigenvalue weighted by Gasteiger charge is -2.27. The summed E-state index contributed by atoms with van der Waals surface area (Å²) >= 11 is 0. The molecule has 6 nitrogen and oxygen atoms in total. The van der Waals surface area contributed by atoms with E-state index in [2.05, 4.69) is 34.9 Å². The fourth-order valence-corrected chi connectivity index (χ4v) is 5.04. The standard InChI is InChI=1S/C31H42N2O4.ClH/c1-7-21(6)29(28(34)17-20(4)5)33-30(35)27(16-19(2)3)32-31(36)37-18-26-24-14-10-8-12-22(24)23-13-9-11-15-25(23)26;/h8-15,19-21,26-27,29H,7,16-18H2,1-6H3,(H,32,36)(H,33,35);1H/t21-,27-,29-;/m0./s1. The zero-order chi connectivity index (χ0) is 27.1. The Labute approximate surface area is 233 Å². The normalized spacial score (nSPS) is 14.6. The van der Waals surface area contributed by atoms with Gasteiger partial charge < -0.3 is 15.4 Å². The lowest BCUT2D eigenvalue weighted by Crippen LogP contribution is -2.54. The van der Waals surface area contributed by atoms with E-state index in [1.54, 1.807) is 0 Å². The Kier molecular flexibility index (Phi) is 11.8.